The Bertz CT molecular complexity index is 895. The lowest BCUT2D eigenvalue weighted by Crippen LogP contribution is -2.16. The van der Waals surface area contributed by atoms with Gasteiger partial charge in [-0.2, -0.15) is 0 Å². The number of amides is 1. The van der Waals surface area contributed by atoms with Crippen molar-refractivity contribution in [2.75, 3.05) is 10.0 Å². The predicted octanol–water partition coefficient (Wildman–Crippen LogP) is 4.82. The molecular weight excluding hydrogens is 372 g/mol. The maximum atomic E-state index is 12.6. The van der Waals surface area contributed by atoms with Crippen LogP contribution in [0.2, 0.25) is 5.02 Å². The molecule has 0 fully saturated rings. The Kier molecular flexibility index (Phi) is 6.67. The number of aryl methyl sites for hydroxylation is 1. The average Bonchev–Trinajstić information content (AvgIpc) is 2.54. The van der Waals surface area contributed by atoms with Gasteiger partial charge in [0.05, 0.1) is 10.6 Å². The number of hydrogen-bond acceptors (Lipinski definition) is 3. The summed E-state index contributed by atoms with van der Waals surface area (Å²) in [7, 11) is -3.79. The zero-order valence-corrected chi connectivity index (χ0v) is 16.6. The van der Waals surface area contributed by atoms with Crippen molar-refractivity contribution in [3.8, 4) is 0 Å². The molecule has 0 saturated carbocycles. The van der Waals surface area contributed by atoms with Crippen LogP contribution in [-0.4, -0.2) is 14.3 Å². The van der Waals surface area contributed by atoms with Crippen LogP contribution in [0.15, 0.2) is 47.4 Å². The minimum Gasteiger partial charge on any atom is -0.326 e. The van der Waals surface area contributed by atoms with Gasteiger partial charge in [-0.1, -0.05) is 37.6 Å². The molecule has 2 aromatic rings. The number of carbonyl (C=O) groups excluding carboxylic acids is 1. The lowest BCUT2D eigenvalue weighted by molar-refractivity contribution is -0.116. The van der Waals surface area contributed by atoms with E-state index in [-0.39, 0.29) is 10.8 Å². The van der Waals surface area contributed by atoms with Crippen LogP contribution < -0.4 is 10.0 Å². The molecule has 0 heterocycles. The standard InChI is InChI=1S/C19H23ClN2O3S/c1-13(2)7-10-19(23)21-18-12-17(9-8-14(18)3)26(24,25)22-16-6-4-5-15(20)11-16/h4-6,8-9,11-13,22H,7,10H2,1-3H3,(H,21,23). The van der Waals surface area contributed by atoms with E-state index in [1.807, 2.05) is 20.8 Å². The lowest BCUT2D eigenvalue weighted by atomic mass is 10.1. The molecule has 5 nitrogen and oxygen atoms in total. The fourth-order valence-corrected chi connectivity index (χ4v) is 3.57. The molecule has 0 aliphatic carbocycles. The molecule has 0 spiro atoms. The Balaban J connectivity index is 2.20. The Morgan fingerprint density at radius 2 is 1.88 bits per heavy atom. The summed E-state index contributed by atoms with van der Waals surface area (Å²) in [6, 6.07) is 11.1. The third-order valence-electron chi connectivity index (χ3n) is 3.82. The first-order valence-corrected chi connectivity index (χ1v) is 10.2. The fraction of sp³-hybridized carbons (Fsp3) is 0.316. The van der Waals surface area contributed by atoms with Crippen molar-refractivity contribution in [3.05, 3.63) is 53.1 Å². The Morgan fingerprint density at radius 1 is 1.15 bits per heavy atom. The van der Waals surface area contributed by atoms with Gasteiger partial charge in [-0.05, 0) is 55.2 Å². The Morgan fingerprint density at radius 3 is 2.54 bits per heavy atom. The number of sulfonamides is 1. The molecule has 1 amide bonds. The summed E-state index contributed by atoms with van der Waals surface area (Å²) in [6.45, 7) is 5.92. The number of benzene rings is 2. The van der Waals surface area contributed by atoms with E-state index in [1.54, 1.807) is 24.3 Å². The van der Waals surface area contributed by atoms with E-state index in [2.05, 4.69) is 10.0 Å². The molecule has 0 atom stereocenters. The molecule has 0 unspecified atom stereocenters. The van der Waals surface area contributed by atoms with E-state index < -0.39 is 10.0 Å². The second kappa shape index (κ2) is 8.56. The van der Waals surface area contributed by atoms with Gasteiger partial charge in [-0.25, -0.2) is 8.42 Å². The molecule has 0 saturated heterocycles. The molecule has 26 heavy (non-hydrogen) atoms. The molecule has 140 valence electrons. The third-order valence-corrected chi connectivity index (χ3v) is 5.43. The lowest BCUT2D eigenvalue weighted by Gasteiger charge is -2.13. The molecule has 0 radical (unpaired) electrons. The summed E-state index contributed by atoms with van der Waals surface area (Å²) in [6.07, 6.45) is 1.17. The van der Waals surface area contributed by atoms with E-state index in [4.69, 9.17) is 11.6 Å². The number of carbonyl (C=O) groups is 1. The summed E-state index contributed by atoms with van der Waals surface area (Å²) in [4.78, 5) is 12.1. The van der Waals surface area contributed by atoms with E-state index in [0.29, 0.717) is 28.7 Å². The Labute approximate surface area is 159 Å². The molecule has 0 aliphatic rings. The second-order valence-corrected chi connectivity index (χ2v) is 8.69. The van der Waals surface area contributed by atoms with Gasteiger partial charge < -0.3 is 5.32 Å². The van der Waals surface area contributed by atoms with Crippen molar-refractivity contribution in [3.63, 3.8) is 0 Å². The molecule has 7 heteroatoms. The topological polar surface area (TPSA) is 75.3 Å². The minimum absolute atomic E-state index is 0.0715. The average molecular weight is 395 g/mol. The van der Waals surface area contributed by atoms with Gasteiger partial charge in [0, 0.05) is 17.1 Å². The second-order valence-electron chi connectivity index (χ2n) is 6.57. The van der Waals surface area contributed by atoms with Crippen LogP contribution in [0.1, 0.15) is 32.3 Å². The van der Waals surface area contributed by atoms with Crippen LogP contribution in [0.3, 0.4) is 0 Å². The van der Waals surface area contributed by atoms with E-state index >= 15 is 0 Å². The summed E-state index contributed by atoms with van der Waals surface area (Å²) in [5.41, 5.74) is 1.66. The quantitative estimate of drug-likeness (QED) is 0.706. The SMILES string of the molecule is Cc1ccc(S(=O)(=O)Nc2cccc(Cl)c2)cc1NC(=O)CCC(C)C. The highest BCUT2D eigenvalue weighted by atomic mass is 35.5. The first-order valence-electron chi connectivity index (χ1n) is 8.36. The van der Waals surface area contributed by atoms with E-state index in [1.165, 1.54) is 18.2 Å². The van der Waals surface area contributed by atoms with Crippen LogP contribution >= 0.6 is 11.6 Å². The van der Waals surface area contributed by atoms with Gasteiger partial charge in [0.15, 0.2) is 0 Å². The van der Waals surface area contributed by atoms with Crippen molar-refractivity contribution in [2.24, 2.45) is 5.92 Å². The molecule has 2 rings (SSSR count). The predicted molar refractivity (Wildman–Crippen MR) is 106 cm³/mol. The van der Waals surface area contributed by atoms with Gasteiger partial charge in [0.1, 0.15) is 0 Å². The van der Waals surface area contributed by atoms with Crippen molar-refractivity contribution in [2.45, 2.75) is 38.5 Å². The van der Waals surface area contributed by atoms with Crippen molar-refractivity contribution in [1.29, 1.82) is 0 Å². The summed E-state index contributed by atoms with van der Waals surface area (Å²) in [5, 5.41) is 3.24. The summed E-state index contributed by atoms with van der Waals surface area (Å²) < 4.78 is 27.7. The molecule has 0 aromatic heterocycles. The van der Waals surface area contributed by atoms with Gasteiger partial charge in [0.25, 0.3) is 10.0 Å². The smallest absolute Gasteiger partial charge is 0.261 e. The zero-order valence-electron chi connectivity index (χ0n) is 15.0. The van der Waals surface area contributed by atoms with Gasteiger partial charge >= 0.3 is 0 Å². The summed E-state index contributed by atoms with van der Waals surface area (Å²) in [5.74, 6) is 0.301. The van der Waals surface area contributed by atoms with Gasteiger partial charge in [-0.3, -0.25) is 9.52 Å². The van der Waals surface area contributed by atoms with Crippen LogP contribution in [-0.2, 0) is 14.8 Å². The number of rotatable bonds is 7. The zero-order chi connectivity index (χ0) is 19.3. The number of nitrogens with one attached hydrogen (secondary N) is 2. The highest BCUT2D eigenvalue weighted by Crippen LogP contribution is 2.24. The van der Waals surface area contributed by atoms with Crippen molar-refractivity contribution < 1.29 is 13.2 Å². The number of hydrogen-bond donors (Lipinski definition) is 2. The van der Waals surface area contributed by atoms with Crippen LogP contribution in [0.25, 0.3) is 0 Å². The first kappa shape index (κ1) is 20.3. The number of halogens is 1. The van der Waals surface area contributed by atoms with E-state index in [9.17, 15) is 13.2 Å². The molecule has 0 aliphatic heterocycles. The fourth-order valence-electron chi connectivity index (χ4n) is 2.30. The molecule has 0 bridgehead atoms. The number of anilines is 2. The van der Waals surface area contributed by atoms with Crippen molar-refractivity contribution >= 4 is 38.9 Å². The minimum atomic E-state index is -3.79. The van der Waals surface area contributed by atoms with Crippen LogP contribution in [0.5, 0.6) is 0 Å². The maximum Gasteiger partial charge on any atom is 0.261 e. The van der Waals surface area contributed by atoms with Gasteiger partial charge in [-0.15, -0.1) is 0 Å². The summed E-state index contributed by atoms with van der Waals surface area (Å²) >= 11 is 5.89. The Hall–Kier alpha value is -2.05. The molecular formula is C19H23ClN2O3S. The first-order chi connectivity index (χ1) is 12.2. The maximum absolute atomic E-state index is 12.6. The normalized spacial score (nSPS) is 11.4. The molecule has 2 N–H and O–H groups in total. The molecule has 2 aromatic carbocycles. The van der Waals surface area contributed by atoms with E-state index in [0.717, 1.165) is 12.0 Å². The van der Waals surface area contributed by atoms with Crippen molar-refractivity contribution in [1.82, 2.24) is 0 Å². The largest absolute Gasteiger partial charge is 0.326 e. The highest BCUT2D eigenvalue weighted by Gasteiger charge is 2.17. The van der Waals surface area contributed by atoms with Gasteiger partial charge in [0.2, 0.25) is 5.91 Å². The third kappa shape index (κ3) is 5.75. The monoisotopic (exact) mass is 394 g/mol. The highest BCUT2D eigenvalue weighted by molar-refractivity contribution is 7.92. The van der Waals surface area contributed by atoms with Crippen LogP contribution in [0.4, 0.5) is 11.4 Å². The van der Waals surface area contributed by atoms with Crippen LogP contribution in [0, 0.1) is 12.8 Å².